The van der Waals surface area contributed by atoms with E-state index in [2.05, 4.69) is 17.1 Å². The zero-order valence-electron chi connectivity index (χ0n) is 20.2. The van der Waals surface area contributed by atoms with Crippen molar-refractivity contribution in [1.82, 2.24) is 4.90 Å². The molecule has 3 aromatic rings. The van der Waals surface area contributed by atoms with Crippen molar-refractivity contribution in [1.29, 1.82) is 0 Å². The first-order valence-corrected chi connectivity index (χ1v) is 11.9. The summed E-state index contributed by atoms with van der Waals surface area (Å²) in [6.45, 7) is 4.91. The Morgan fingerprint density at radius 1 is 0.829 bits per heavy atom. The Morgan fingerprint density at radius 2 is 1.46 bits per heavy atom. The second-order valence-electron chi connectivity index (χ2n) is 8.39. The first kappa shape index (κ1) is 24.1. The van der Waals surface area contributed by atoms with Gasteiger partial charge in [-0.3, -0.25) is 9.59 Å². The molecule has 0 aliphatic carbocycles. The fraction of sp³-hybridized carbons (Fsp3) is 0.286. The van der Waals surface area contributed by atoms with Crippen LogP contribution in [0.15, 0.2) is 72.8 Å². The normalized spacial score (nSPS) is 13.3. The van der Waals surface area contributed by atoms with E-state index in [4.69, 9.17) is 9.47 Å². The summed E-state index contributed by atoms with van der Waals surface area (Å²) in [5.41, 5.74) is 3.75. The van der Waals surface area contributed by atoms with Gasteiger partial charge in [0.15, 0.2) is 6.61 Å². The smallest absolute Gasteiger partial charge is 0.262 e. The number of amides is 2. The first-order valence-electron chi connectivity index (χ1n) is 11.9. The van der Waals surface area contributed by atoms with Crippen LogP contribution in [0.3, 0.4) is 0 Å². The van der Waals surface area contributed by atoms with E-state index in [0.29, 0.717) is 24.5 Å². The average Bonchev–Trinajstić information content (AvgIpc) is 2.92. The highest BCUT2D eigenvalue weighted by molar-refractivity contribution is 5.94. The molecule has 182 valence electrons. The van der Waals surface area contributed by atoms with Crippen molar-refractivity contribution in [3.63, 3.8) is 0 Å². The van der Waals surface area contributed by atoms with Crippen LogP contribution in [0.2, 0.25) is 0 Å². The van der Waals surface area contributed by atoms with Gasteiger partial charge in [-0.15, -0.1) is 0 Å². The summed E-state index contributed by atoms with van der Waals surface area (Å²) >= 11 is 0. The van der Waals surface area contributed by atoms with Gasteiger partial charge >= 0.3 is 0 Å². The maximum atomic E-state index is 12.8. The number of benzene rings is 3. The summed E-state index contributed by atoms with van der Waals surface area (Å²) in [6.07, 6.45) is 0.965. The number of piperazine rings is 1. The highest BCUT2D eigenvalue weighted by atomic mass is 16.5. The van der Waals surface area contributed by atoms with Crippen molar-refractivity contribution in [2.45, 2.75) is 13.3 Å². The summed E-state index contributed by atoms with van der Waals surface area (Å²) in [5.74, 6) is 1.19. The van der Waals surface area contributed by atoms with E-state index in [1.807, 2.05) is 53.4 Å². The van der Waals surface area contributed by atoms with E-state index >= 15 is 0 Å². The molecule has 0 unspecified atom stereocenters. The van der Waals surface area contributed by atoms with E-state index in [1.165, 1.54) is 5.56 Å². The third-order valence-corrected chi connectivity index (χ3v) is 6.12. The number of aryl methyl sites for hydroxylation is 1. The van der Waals surface area contributed by atoms with E-state index in [1.54, 1.807) is 31.4 Å². The van der Waals surface area contributed by atoms with Gasteiger partial charge in [0.1, 0.15) is 11.5 Å². The van der Waals surface area contributed by atoms with Gasteiger partial charge < -0.3 is 24.6 Å². The van der Waals surface area contributed by atoms with Crippen molar-refractivity contribution >= 4 is 23.2 Å². The molecule has 1 fully saturated rings. The summed E-state index contributed by atoms with van der Waals surface area (Å²) in [5, 5.41) is 2.85. The van der Waals surface area contributed by atoms with Gasteiger partial charge in [-0.05, 0) is 72.6 Å². The molecule has 4 rings (SSSR count). The number of ether oxygens (including phenoxy) is 2. The Hall–Kier alpha value is -4.00. The number of methoxy groups -OCH3 is 1. The Labute approximate surface area is 206 Å². The highest BCUT2D eigenvalue weighted by Crippen LogP contribution is 2.21. The fourth-order valence-corrected chi connectivity index (χ4v) is 4.01. The third-order valence-electron chi connectivity index (χ3n) is 6.12. The van der Waals surface area contributed by atoms with Crippen LogP contribution in [-0.4, -0.2) is 56.6 Å². The van der Waals surface area contributed by atoms with Crippen LogP contribution in [0.1, 0.15) is 22.8 Å². The summed E-state index contributed by atoms with van der Waals surface area (Å²) < 4.78 is 10.6. The predicted molar refractivity (Wildman–Crippen MR) is 137 cm³/mol. The number of hydrogen-bond donors (Lipinski definition) is 1. The molecule has 0 atom stereocenters. The van der Waals surface area contributed by atoms with Gasteiger partial charge in [-0.1, -0.05) is 19.1 Å². The van der Waals surface area contributed by atoms with Gasteiger partial charge in [0.2, 0.25) is 0 Å². The van der Waals surface area contributed by atoms with Gasteiger partial charge in [0.05, 0.1) is 7.11 Å². The van der Waals surface area contributed by atoms with Crippen LogP contribution in [0, 0.1) is 0 Å². The summed E-state index contributed by atoms with van der Waals surface area (Å²) in [7, 11) is 1.60. The van der Waals surface area contributed by atoms with Crippen molar-refractivity contribution in [3.05, 3.63) is 83.9 Å². The van der Waals surface area contributed by atoms with E-state index < -0.39 is 0 Å². The Bertz CT molecular complexity index is 1120. The molecule has 0 radical (unpaired) electrons. The second-order valence-corrected chi connectivity index (χ2v) is 8.39. The molecule has 7 nitrogen and oxygen atoms in total. The second kappa shape index (κ2) is 11.4. The van der Waals surface area contributed by atoms with E-state index in [-0.39, 0.29) is 18.4 Å². The number of carbonyl (C=O) groups is 2. The fourth-order valence-electron chi connectivity index (χ4n) is 4.01. The molecular formula is C28H31N3O4. The zero-order chi connectivity index (χ0) is 24.6. The lowest BCUT2D eigenvalue weighted by Gasteiger charge is -2.36. The molecule has 0 saturated carbocycles. The number of hydrogen-bond acceptors (Lipinski definition) is 5. The van der Waals surface area contributed by atoms with Gasteiger partial charge in [0, 0.05) is 43.1 Å². The lowest BCUT2D eigenvalue weighted by Crippen LogP contribution is -2.48. The highest BCUT2D eigenvalue weighted by Gasteiger charge is 2.22. The van der Waals surface area contributed by atoms with Gasteiger partial charge in [-0.2, -0.15) is 0 Å². The molecule has 0 aromatic heterocycles. The van der Waals surface area contributed by atoms with Gasteiger partial charge in [0.25, 0.3) is 11.8 Å². The molecule has 0 spiro atoms. The van der Waals surface area contributed by atoms with Gasteiger partial charge in [-0.25, -0.2) is 0 Å². The molecule has 2 amide bonds. The molecular weight excluding hydrogens is 442 g/mol. The van der Waals surface area contributed by atoms with Crippen molar-refractivity contribution in [2.24, 2.45) is 0 Å². The zero-order valence-corrected chi connectivity index (χ0v) is 20.2. The number of nitrogens with one attached hydrogen (secondary N) is 1. The maximum absolute atomic E-state index is 12.8. The summed E-state index contributed by atoms with van der Waals surface area (Å²) in [6, 6.07) is 22.7. The lowest BCUT2D eigenvalue weighted by molar-refractivity contribution is -0.118. The van der Waals surface area contributed by atoms with Crippen LogP contribution in [0.4, 0.5) is 11.4 Å². The number of carbonyl (C=O) groups excluding carboxylic acids is 2. The van der Waals surface area contributed by atoms with Crippen LogP contribution in [-0.2, 0) is 11.2 Å². The largest absolute Gasteiger partial charge is 0.497 e. The predicted octanol–water partition coefficient (Wildman–Crippen LogP) is 4.24. The van der Waals surface area contributed by atoms with Crippen LogP contribution >= 0.6 is 0 Å². The third kappa shape index (κ3) is 6.32. The van der Waals surface area contributed by atoms with E-state index in [0.717, 1.165) is 36.5 Å². The molecule has 1 aliphatic heterocycles. The topological polar surface area (TPSA) is 71.1 Å². The molecule has 1 N–H and O–H groups in total. The minimum atomic E-state index is -0.229. The van der Waals surface area contributed by atoms with Crippen LogP contribution < -0.4 is 19.7 Å². The lowest BCUT2D eigenvalue weighted by atomic mass is 10.1. The number of anilines is 2. The molecule has 0 bridgehead atoms. The monoisotopic (exact) mass is 473 g/mol. The Morgan fingerprint density at radius 3 is 2.06 bits per heavy atom. The minimum absolute atomic E-state index is 0.0781. The Balaban J connectivity index is 1.24. The first-order chi connectivity index (χ1) is 17.1. The molecule has 7 heteroatoms. The van der Waals surface area contributed by atoms with Crippen molar-refractivity contribution in [2.75, 3.05) is 50.1 Å². The number of nitrogens with zero attached hydrogens (tertiary/aromatic N) is 2. The van der Waals surface area contributed by atoms with Crippen LogP contribution in [0.5, 0.6) is 11.5 Å². The number of rotatable bonds is 8. The van der Waals surface area contributed by atoms with Crippen molar-refractivity contribution in [3.8, 4) is 11.5 Å². The molecule has 1 heterocycles. The standard InChI is InChI=1S/C28H31N3O4/c1-3-21-4-6-22(7-5-21)28(33)31-18-16-30(17-19-31)24-10-8-23(9-11-24)29-27(32)20-35-26-14-12-25(34-2)13-15-26/h4-15H,3,16-20H2,1-2H3,(H,29,32). The Kier molecular flexibility index (Phi) is 7.88. The molecule has 1 aliphatic rings. The SMILES string of the molecule is CCc1ccc(C(=O)N2CCN(c3ccc(NC(=O)COc4ccc(OC)cc4)cc3)CC2)cc1. The summed E-state index contributed by atoms with van der Waals surface area (Å²) in [4.78, 5) is 29.2. The molecule has 35 heavy (non-hydrogen) atoms. The maximum Gasteiger partial charge on any atom is 0.262 e. The van der Waals surface area contributed by atoms with Crippen LogP contribution in [0.25, 0.3) is 0 Å². The molecule has 3 aromatic carbocycles. The quantitative estimate of drug-likeness (QED) is 0.530. The molecule has 1 saturated heterocycles. The van der Waals surface area contributed by atoms with Crippen molar-refractivity contribution < 1.29 is 19.1 Å². The average molecular weight is 474 g/mol. The minimum Gasteiger partial charge on any atom is -0.497 e. The van der Waals surface area contributed by atoms with E-state index in [9.17, 15) is 9.59 Å².